The Hall–Kier alpha value is -2.43. The van der Waals surface area contributed by atoms with Crippen molar-refractivity contribution < 1.29 is 9.21 Å². The number of hydrogen-bond acceptors (Lipinski definition) is 4. The number of carbonyl (C=O) groups is 1. The third-order valence-electron chi connectivity index (χ3n) is 2.76. The van der Waals surface area contributed by atoms with Crippen molar-refractivity contribution in [2.24, 2.45) is 0 Å². The summed E-state index contributed by atoms with van der Waals surface area (Å²) in [5, 5.41) is 2.79. The van der Waals surface area contributed by atoms with Crippen LogP contribution in [0.15, 0.2) is 39.8 Å². The first-order valence-corrected chi connectivity index (χ1v) is 5.86. The summed E-state index contributed by atoms with van der Waals surface area (Å²) in [5.41, 5.74) is 1.53. The Kier molecular flexibility index (Phi) is 3.75. The second-order valence-corrected chi connectivity index (χ2v) is 4.22. The summed E-state index contributed by atoms with van der Waals surface area (Å²) >= 11 is 0. The molecule has 2 heterocycles. The van der Waals surface area contributed by atoms with Crippen LogP contribution in [0.5, 0.6) is 0 Å². The number of hydrogen-bond donors (Lipinski definition) is 1. The molecule has 1 N–H and O–H groups in total. The minimum atomic E-state index is -0.444. The minimum absolute atomic E-state index is 0.254. The van der Waals surface area contributed by atoms with Gasteiger partial charge in [-0.05, 0) is 37.1 Å². The summed E-state index contributed by atoms with van der Waals surface area (Å²) in [5.74, 6) is 0.0767. The van der Waals surface area contributed by atoms with Gasteiger partial charge in [0.1, 0.15) is 5.76 Å². The highest BCUT2D eigenvalue weighted by Crippen LogP contribution is 2.10. The highest BCUT2D eigenvalue weighted by molar-refractivity contribution is 5.96. The summed E-state index contributed by atoms with van der Waals surface area (Å²) in [6.45, 7) is 3.72. The fourth-order valence-electron chi connectivity index (χ4n) is 1.87. The smallest absolute Gasteiger partial charge is 0.336 e. The lowest BCUT2D eigenvalue weighted by Gasteiger charge is -2.09. The van der Waals surface area contributed by atoms with Crippen LogP contribution in [0.3, 0.4) is 0 Å². The fourth-order valence-corrected chi connectivity index (χ4v) is 1.87. The Morgan fingerprint density at radius 1 is 1.32 bits per heavy atom. The van der Waals surface area contributed by atoms with Gasteiger partial charge < -0.3 is 9.73 Å². The van der Waals surface area contributed by atoms with Gasteiger partial charge in [-0.15, -0.1) is 0 Å². The van der Waals surface area contributed by atoms with E-state index in [4.69, 9.17) is 4.42 Å². The van der Waals surface area contributed by atoms with Crippen LogP contribution in [0, 0.1) is 13.8 Å². The van der Waals surface area contributed by atoms with Crippen LogP contribution in [0.1, 0.15) is 27.2 Å². The number of nitrogens with one attached hydrogen (secondary N) is 1. The monoisotopic (exact) mass is 258 g/mol. The highest BCUT2D eigenvalue weighted by atomic mass is 16.4. The molecule has 0 saturated heterocycles. The SMILES string of the molecule is Cc1cc(=O)oc(C)c1C(=O)NCc1ccncc1. The molecular formula is C14H14N2O3. The van der Waals surface area contributed by atoms with Crippen LogP contribution < -0.4 is 10.9 Å². The Labute approximate surface area is 110 Å². The Morgan fingerprint density at radius 2 is 2.00 bits per heavy atom. The van der Waals surface area contributed by atoms with Gasteiger partial charge in [0.05, 0.1) is 5.56 Å². The van der Waals surface area contributed by atoms with Crippen LogP contribution in [-0.2, 0) is 6.54 Å². The Morgan fingerprint density at radius 3 is 2.63 bits per heavy atom. The molecule has 0 atom stereocenters. The molecule has 0 unspecified atom stereocenters. The van der Waals surface area contributed by atoms with Crippen molar-refractivity contribution in [3.05, 3.63) is 63.5 Å². The molecule has 2 aromatic rings. The summed E-state index contributed by atoms with van der Waals surface area (Å²) in [6, 6.07) is 4.96. The molecule has 0 saturated carbocycles. The average Bonchev–Trinajstić information content (AvgIpc) is 2.36. The third-order valence-corrected chi connectivity index (χ3v) is 2.76. The summed E-state index contributed by atoms with van der Waals surface area (Å²) < 4.78 is 4.94. The quantitative estimate of drug-likeness (QED) is 0.907. The summed E-state index contributed by atoms with van der Waals surface area (Å²) in [7, 11) is 0. The van der Waals surface area contributed by atoms with Crippen molar-refractivity contribution in [1.82, 2.24) is 10.3 Å². The number of nitrogens with zero attached hydrogens (tertiary/aromatic N) is 1. The zero-order chi connectivity index (χ0) is 13.8. The van der Waals surface area contributed by atoms with E-state index in [9.17, 15) is 9.59 Å². The van der Waals surface area contributed by atoms with E-state index in [2.05, 4.69) is 10.3 Å². The van der Waals surface area contributed by atoms with Crippen molar-refractivity contribution in [1.29, 1.82) is 0 Å². The van der Waals surface area contributed by atoms with Gasteiger partial charge in [0.25, 0.3) is 5.91 Å². The first-order valence-electron chi connectivity index (χ1n) is 5.86. The van der Waals surface area contributed by atoms with E-state index in [1.165, 1.54) is 6.07 Å². The lowest BCUT2D eigenvalue weighted by Crippen LogP contribution is -2.25. The number of aryl methyl sites for hydroxylation is 2. The normalized spacial score (nSPS) is 10.2. The number of rotatable bonds is 3. The summed E-state index contributed by atoms with van der Waals surface area (Å²) in [6.07, 6.45) is 3.33. The zero-order valence-electron chi connectivity index (χ0n) is 10.8. The van der Waals surface area contributed by atoms with Crippen LogP contribution in [0.2, 0.25) is 0 Å². The molecule has 0 aliphatic heterocycles. The molecule has 0 fully saturated rings. The van der Waals surface area contributed by atoms with Gasteiger partial charge in [0.15, 0.2) is 0 Å². The molecule has 19 heavy (non-hydrogen) atoms. The van der Waals surface area contributed by atoms with E-state index >= 15 is 0 Å². The van der Waals surface area contributed by atoms with E-state index in [1.807, 2.05) is 12.1 Å². The predicted octanol–water partition coefficient (Wildman–Crippen LogP) is 1.58. The van der Waals surface area contributed by atoms with Crippen LogP contribution in [-0.4, -0.2) is 10.9 Å². The molecule has 0 bridgehead atoms. The average molecular weight is 258 g/mol. The van der Waals surface area contributed by atoms with Gasteiger partial charge >= 0.3 is 5.63 Å². The third kappa shape index (κ3) is 3.07. The maximum atomic E-state index is 12.1. The zero-order valence-corrected chi connectivity index (χ0v) is 10.8. The molecule has 0 spiro atoms. The van der Waals surface area contributed by atoms with Crippen molar-refractivity contribution in [2.45, 2.75) is 20.4 Å². The van der Waals surface area contributed by atoms with Gasteiger partial charge in [-0.25, -0.2) is 4.79 Å². The Bertz CT molecular complexity index is 621. The van der Waals surface area contributed by atoms with E-state index in [1.54, 1.807) is 26.2 Å². The van der Waals surface area contributed by atoms with Crippen molar-refractivity contribution in [3.63, 3.8) is 0 Å². The molecular weight excluding hydrogens is 244 g/mol. The van der Waals surface area contributed by atoms with Gasteiger partial charge in [-0.3, -0.25) is 9.78 Å². The molecule has 0 aromatic carbocycles. The number of carbonyl (C=O) groups excluding carboxylic acids is 1. The molecule has 2 rings (SSSR count). The fraction of sp³-hybridized carbons (Fsp3) is 0.214. The molecule has 5 heteroatoms. The predicted molar refractivity (Wildman–Crippen MR) is 69.9 cm³/mol. The maximum Gasteiger partial charge on any atom is 0.336 e. The van der Waals surface area contributed by atoms with Gasteiger partial charge in [-0.1, -0.05) is 0 Å². The molecule has 0 radical (unpaired) electrons. The van der Waals surface area contributed by atoms with Crippen LogP contribution >= 0.6 is 0 Å². The second-order valence-electron chi connectivity index (χ2n) is 4.22. The molecule has 1 amide bonds. The van der Waals surface area contributed by atoms with Gasteiger partial charge in [0.2, 0.25) is 0 Å². The van der Waals surface area contributed by atoms with Gasteiger partial charge in [-0.2, -0.15) is 0 Å². The van der Waals surface area contributed by atoms with Crippen LogP contribution in [0.4, 0.5) is 0 Å². The second kappa shape index (κ2) is 5.48. The summed E-state index contributed by atoms with van der Waals surface area (Å²) in [4.78, 5) is 27.1. The molecule has 2 aromatic heterocycles. The topological polar surface area (TPSA) is 72.2 Å². The van der Waals surface area contributed by atoms with Crippen molar-refractivity contribution in [2.75, 3.05) is 0 Å². The molecule has 0 aliphatic rings. The van der Waals surface area contributed by atoms with Crippen LogP contribution in [0.25, 0.3) is 0 Å². The van der Waals surface area contributed by atoms with E-state index in [-0.39, 0.29) is 5.91 Å². The number of pyridine rings is 1. The van der Waals surface area contributed by atoms with E-state index in [0.29, 0.717) is 23.4 Å². The van der Waals surface area contributed by atoms with Crippen molar-refractivity contribution >= 4 is 5.91 Å². The number of amides is 1. The van der Waals surface area contributed by atoms with E-state index in [0.717, 1.165) is 5.56 Å². The number of aromatic nitrogens is 1. The Balaban J connectivity index is 2.15. The maximum absolute atomic E-state index is 12.1. The first-order chi connectivity index (χ1) is 9.08. The highest BCUT2D eigenvalue weighted by Gasteiger charge is 2.14. The van der Waals surface area contributed by atoms with Crippen molar-refractivity contribution in [3.8, 4) is 0 Å². The first kappa shape index (κ1) is 13.0. The minimum Gasteiger partial charge on any atom is -0.427 e. The lowest BCUT2D eigenvalue weighted by molar-refractivity contribution is 0.0946. The molecule has 5 nitrogen and oxygen atoms in total. The van der Waals surface area contributed by atoms with Gasteiger partial charge in [0, 0.05) is 25.0 Å². The van der Waals surface area contributed by atoms with E-state index < -0.39 is 5.63 Å². The lowest BCUT2D eigenvalue weighted by atomic mass is 10.1. The largest absolute Gasteiger partial charge is 0.427 e. The molecule has 98 valence electrons. The molecule has 0 aliphatic carbocycles. The standard InChI is InChI=1S/C14H14N2O3/c1-9-7-12(17)19-10(2)13(9)14(18)16-8-11-3-5-15-6-4-11/h3-7H,8H2,1-2H3,(H,16,18).